The molecular weight excluding hydrogens is 427 g/mol. The van der Waals surface area contributed by atoms with Crippen LogP contribution in [0.5, 0.6) is 0 Å². The van der Waals surface area contributed by atoms with Crippen LogP contribution in [0.1, 0.15) is 43.0 Å². The van der Waals surface area contributed by atoms with E-state index >= 15 is 0 Å². The minimum atomic E-state index is -0.699. The average Bonchev–Trinajstić information content (AvgIpc) is 2.77. The average molecular weight is 461 g/mol. The number of rotatable bonds is 8. The molecule has 0 heterocycles. The molecule has 4 nitrogen and oxygen atoms in total. The van der Waals surface area contributed by atoms with E-state index in [1.165, 1.54) is 12.1 Å². The topological polar surface area (TPSA) is 49.4 Å². The summed E-state index contributed by atoms with van der Waals surface area (Å²) in [5.74, 6) is -0.728. The minimum absolute atomic E-state index is 0.0835. The zero-order chi connectivity index (χ0) is 24.7. The Morgan fingerprint density at radius 2 is 1.53 bits per heavy atom. The molecule has 1 atom stereocenters. The summed E-state index contributed by atoms with van der Waals surface area (Å²) >= 11 is 0. The Hall–Kier alpha value is -3.47. The summed E-state index contributed by atoms with van der Waals surface area (Å²) < 4.78 is 13.4. The van der Waals surface area contributed by atoms with Crippen LogP contribution in [0, 0.1) is 12.7 Å². The lowest BCUT2D eigenvalue weighted by atomic mass is 9.99. The first-order valence-electron chi connectivity index (χ1n) is 11.6. The highest BCUT2D eigenvalue weighted by Gasteiger charge is 2.32. The molecule has 0 spiro atoms. The maximum absolute atomic E-state index is 13.6. The smallest absolute Gasteiger partial charge is 0.243 e. The summed E-state index contributed by atoms with van der Waals surface area (Å²) in [6.07, 6.45) is 0.476. The molecule has 0 aliphatic rings. The second kappa shape index (κ2) is 11.1. The van der Waals surface area contributed by atoms with Crippen LogP contribution in [-0.2, 0) is 29.0 Å². The van der Waals surface area contributed by atoms with E-state index in [4.69, 9.17) is 0 Å². The van der Waals surface area contributed by atoms with E-state index in [2.05, 4.69) is 5.32 Å². The van der Waals surface area contributed by atoms with Crippen LogP contribution in [0.4, 0.5) is 4.39 Å². The maximum atomic E-state index is 13.6. The van der Waals surface area contributed by atoms with Gasteiger partial charge < -0.3 is 10.2 Å². The van der Waals surface area contributed by atoms with E-state index in [1.807, 2.05) is 82.3 Å². The van der Waals surface area contributed by atoms with Gasteiger partial charge in [0, 0.05) is 18.5 Å². The fourth-order valence-electron chi connectivity index (χ4n) is 3.89. The Morgan fingerprint density at radius 1 is 0.882 bits per heavy atom. The predicted octanol–water partition coefficient (Wildman–Crippen LogP) is 5.23. The lowest BCUT2D eigenvalue weighted by Gasteiger charge is -2.34. The van der Waals surface area contributed by atoms with E-state index < -0.39 is 11.6 Å². The van der Waals surface area contributed by atoms with E-state index in [0.29, 0.717) is 18.5 Å². The van der Waals surface area contributed by atoms with Gasteiger partial charge in [0.05, 0.1) is 6.42 Å². The van der Waals surface area contributed by atoms with Gasteiger partial charge in [-0.3, -0.25) is 9.59 Å². The number of benzene rings is 3. The van der Waals surface area contributed by atoms with Crippen LogP contribution in [0.2, 0.25) is 0 Å². The Balaban J connectivity index is 1.98. The normalized spacial score (nSPS) is 12.1. The molecule has 3 aromatic carbocycles. The number of halogens is 1. The van der Waals surface area contributed by atoms with E-state index in [0.717, 1.165) is 16.7 Å². The van der Waals surface area contributed by atoms with Gasteiger partial charge in [-0.1, -0.05) is 72.3 Å². The molecule has 5 heteroatoms. The standard InChI is InChI=1S/C29H33FN2O2/c1-21-9-8-12-24(17-21)20-32(27(33)19-23-13-15-25(30)16-14-23)26(28(34)31-29(2,3)4)18-22-10-6-5-7-11-22/h5-17,26H,18-20H2,1-4H3,(H,31,34). The van der Waals surface area contributed by atoms with Gasteiger partial charge in [0.25, 0.3) is 0 Å². The molecule has 178 valence electrons. The molecule has 0 aliphatic carbocycles. The number of nitrogens with one attached hydrogen (secondary N) is 1. The molecule has 34 heavy (non-hydrogen) atoms. The highest BCUT2D eigenvalue weighted by atomic mass is 19.1. The van der Waals surface area contributed by atoms with E-state index in [1.54, 1.807) is 17.0 Å². The lowest BCUT2D eigenvalue weighted by molar-refractivity contribution is -0.141. The largest absolute Gasteiger partial charge is 0.350 e. The summed E-state index contributed by atoms with van der Waals surface area (Å²) in [4.78, 5) is 28.8. The number of hydrogen-bond donors (Lipinski definition) is 1. The number of hydrogen-bond acceptors (Lipinski definition) is 2. The molecule has 0 aromatic heterocycles. The van der Waals surface area contributed by atoms with Crippen molar-refractivity contribution in [1.82, 2.24) is 10.2 Å². The van der Waals surface area contributed by atoms with Crippen molar-refractivity contribution in [2.75, 3.05) is 0 Å². The van der Waals surface area contributed by atoms with Crippen molar-refractivity contribution in [2.45, 2.75) is 58.7 Å². The van der Waals surface area contributed by atoms with Crippen molar-refractivity contribution in [2.24, 2.45) is 0 Å². The van der Waals surface area contributed by atoms with Crippen LogP contribution in [0.3, 0.4) is 0 Å². The minimum Gasteiger partial charge on any atom is -0.350 e. The molecule has 0 saturated heterocycles. The van der Waals surface area contributed by atoms with E-state index in [-0.39, 0.29) is 24.1 Å². The second-order valence-electron chi connectivity index (χ2n) is 9.76. The fourth-order valence-corrected chi connectivity index (χ4v) is 3.89. The molecular formula is C29H33FN2O2. The molecule has 0 bridgehead atoms. The Bertz CT molecular complexity index is 1100. The molecule has 3 rings (SSSR count). The monoisotopic (exact) mass is 460 g/mol. The molecule has 3 aromatic rings. The van der Waals surface area contributed by atoms with Gasteiger partial charge in [0.1, 0.15) is 11.9 Å². The molecule has 0 saturated carbocycles. The molecule has 2 amide bonds. The molecule has 1 N–H and O–H groups in total. The Labute approximate surface area is 201 Å². The van der Waals surface area contributed by atoms with Crippen LogP contribution in [-0.4, -0.2) is 28.3 Å². The van der Waals surface area contributed by atoms with E-state index in [9.17, 15) is 14.0 Å². The summed E-state index contributed by atoms with van der Waals surface area (Å²) in [5.41, 5.74) is 3.27. The van der Waals surface area contributed by atoms with Crippen LogP contribution < -0.4 is 5.32 Å². The molecule has 0 aliphatic heterocycles. The first-order valence-corrected chi connectivity index (χ1v) is 11.6. The van der Waals surface area contributed by atoms with Gasteiger partial charge in [0.15, 0.2) is 0 Å². The van der Waals surface area contributed by atoms with Crippen LogP contribution in [0.25, 0.3) is 0 Å². The quantitative estimate of drug-likeness (QED) is 0.500. The second-order valence-corrected chi connectivity index (χ2v) is 9.76. The highest BCUT2D eigenvalue weighted by molar-refractivity contribution is 5.89. The number of carbonyl (C=O) groups is 2. The predicted molar refractivity (Wildman–Crippen MR) is 134 cm³/mol. The summed E-state index contributed by atoms with van der Waals surface area (Å²) in [6, 6.07) is 22.9. The maximum Gasteiger partial charge on any atom is 0.243 e. The molecule has 0 fully saturated rings. The van der Waals surface area contributed by atoms with Crippen LogP contribution >= 0.6 is 0 Å². The number of aryl methyl sites for hydroxylation is 1. The van der Waals surface area contributed by atoms with Gasteiger partial charge in [-0.25, -0.2) is 4.39 Å². The van der Waals surface area contributed by atoms with Crippen LogP contribution in [0.15, 0.2) is 78.9 Å². The van der Waals surface area contributed by atoms with Crippen molar-refractivity contribution in [3.63, 3.8) is 0 Å². The first kappa shape index (κ1) is 25.2. The summed E-state index contributed by atoms with van der Waals surface area (Å²) in [5, 5.41) is 3.06. The third kappa shape index (κ3) is 7.55. The third-order valence-corrected chi connectivity index (χ3v) is 5.47. The van der Waals surface area contributed by atoms with Gasteiger partial charge in [-0.15, -0.1) is 0 Å². The van der Waals surface area contributed by atoms with Gasteiger partial charge >= 0.3 is 0 Å². The Kier molecular flexibility index (Phi) is 8.21. The van der Waals surface area contributed by atoms with Gasteiger partial charge in [-0.05, 0) is 56.5 Å². The van der Waals surface area contributed by atoms with Crippen molar-refractivity contribution in [3.05, 3.63) is 107 Å². The lowest BCUT2D eigenvalue weighted by Crippen LogP contribution is -2.54. The summed E-state index contributed by atoms with van der Waals surface area (Å²) in [7, 11) is 0. The highest BCUT2D eigenvalue weighted by Crippen LogP contribution is 2.18. The summed E-state index contributed by atoms with van der Waals surface area (Å²) in [6.45, 7) is 8.08. The number of nitrogens with zero attached hydrogens (tertiary/aromatic N) is 1. The number of amides is 2. The third-order valence-electron chi connectivity index (χ3n) is 5.47. The first-order chi connectivity index (χ1) is 16.1. The van der Waals surface area contributed by atoms with Gasteiger partial charge in [0.2, 0.25) is 11.8 Å². The zero-order valence-electron chi connectivity index (χ0n) is 20.3. The van der Waals surface area contributed by atoms with Crippen molar-refractivity contribution < 1.29 is 14.0 Å². The van der Waals surface area contributed by atoms with Crippen molar-refractivity contribution in [3.8, 4) is 0 Å². The fraction of sp³-hybridized carbons (Fsp3) is 0.310. The zero-order valence-corrected chi connectivity index (χ0v) is 20.3. The van der Waals surface area contributed by atoms with Crippen molar-refractivity contribution in [1.29, 1.82) is 0 Å². The Morgan fingerprint density at radius 3 is 2.15 bits per heavy atom. The SMILES string of the molecule is Cc1cccc(CN(C(=O)Cc2ccc(F)cc2)C(Cc2ccccc2)C(=O)NC(C)(C)C)c1. The molecule has 0 radical (unpaired) electrons. The van der Waals surface area contributed by atoms with Crippen molar-refractivity contribution >= 4 is 11.8 Å². The van der Waals surface area contributed by atoms with Gasteiger partial charge in [-0.2, -0.15) is 0 Å². The molecule has 1 unspecified atom stereocenters. The number of carbonyl (C=O) groups excluding carboxylic acids is 2.